The summed E-state index contributed by atoms with van der Waals surface area (Å²) in [6.45, 7) is 6.87. The first kappa shape index (κ1) is 14.4. The number of hydrogen-bond acceptors (Lipinski definition) is 2. The van der Waals surface area contributed by atoms with Gasteiger partial charge in [-0.2, -0.15) is 0 Å². The van der Waals surface area contributed by atoms with Gasteiger partial charge >= 0.3 is 0 Å². The third-order valence-corrected chi connectivity index (χ3v) is 4.29. The van der Waals surface area contributed by atoms with Crippen LogP contribution in [0, 0.1) is 17.3 Å². The van der Waals surface area contributed by atoms with Gasteiger partial charge in [0, 0.05) is 18.4 Å². The highest BCUT2D eigenvalue weighted by molar-refractivity contribution is 7.80. The van der Waals surface area contributed by atoms with E-state index in [-0.39, 0.29) is 23.2 Å². The van der Waals surface area contributed by atoms with E-state index in [4.69, 9.17) is 18.0 Å². The van der Waals surface area contributed by atoms with Crippen molar-refractivity contribution in [3.05, 3.63) is 0 Å². The van der Waals surface area contributed by atoms with Crippen LogP contribution in [0.4, 0.5) is 0 Å². The molecule has 1 aliphatic carbocycles. The first-order valence-corrected chi connectivity index (χ1v) is 6.82. The van der Waals surface area contributed by atoms with Crippen molar-refractivity contribution in [1.82, 2.24) is 5.32 Å². The molecular weight excluding hydrogens is 232 g/mol. The summed E-state index contributed by atoms with van der Waals surface area (Å²) in [5, 5.41) is 2.98. The molecule has 3 N–H and O–H groups in total. The second kappa shape index (κ2) is 5.80. The number of rotatable bonds is 4. The molecule has 17 heavy (non-hydrogen) atoms. The molecule has 0 spiro atoms. The van der Waals surface area contributed by atoms with Crippen LogP contribution in [0.15, 0.2) is 0 Å². The molecule has 0 aliphatic heterocycles. The van der Waals surface area contributed by atoms with Gasteiger partial charge < -0.3 is 11.1 Å². The third-order valence-electron chi connectivity index (χ3n) is 3.89. The van der Waals surface area contributed by atoms with Crippen LogP contribution in [0.1, 0.15) is 46.5 Å². The van der Waals surface area contributed by atoms with Gasteiger partial charge in [-0.1, -0.05) is 45.8 Å². The predicted octanol–water partition coefficient (Wildman–Crippen LogP) is 2.24. The van der Waals surface area contributed by atoms with Crippen LogP contribution >= 0.6 is 12.2 Å². The number of carbonyl (C=O) groups is 1. The van der Waals surface area contributed by atoms with Crippen molar-refractivity contribution < 1.29 is 4.79 Å². The normalized spacial score (nSPS) is 25.0. The minimum absolute atomic E-state index is 0.0700. The highest BCUT2D eigenvalue weighted by atomic mass is 32.1. The zero-order valence-corrected chi connectivity index (χ0v) is 11.9. The minimum Gasteiger partial charge on any atom is -0.393 e. The molecule has 1 fully saturated rings. The van der Waals surface area contributed by atoms with Crippen molar-refractivity contribution in [1.29, 1.82) is 0 Å². The highest BCUT2D eigenvalue weighted by Gasteiger charge is 2.36. The van der Waals surface area contributed by atoms with Crippen LogP contribution in [0.25, 0.3) is 0 Å². The first-order valence-electron chi connectivity index (χ1n) is 6.41. The molecule has 0 heterocycles. The molecule has 1 amide bonds. The summed E-state index contributed by atoms with van der Waals surface area (Å²) in [5.41, 5.74) is 5.65. The van der Waals surface area contributed by atoms with E-state index in [1.165, 1.54) is 6.42 Å². The fourth-order valence-electron chi connectivity index (χ4n) is 2.46. The fourth-order valence-corrected chi connectivity index (χ4v) is 2.54. The average Bonchev–Trinajstić information content (AvgIpc) is 2.24. The number of hydrogen-bond donors (Lipinski definition) is 2. The van der Waals surface area contributed by atoms with Crippen LogP contribution in [0.2, 0.25) is 0 Å². The monoisotopic (exact) mass is 256 g/mol. The van der Waals surface area contributed by atoms with E-state index in [2.05, 4.69) is 19.2 Å². The summed E-state index contributed by atoms with van der Waals surface area (Å²) in [5.74, 6) is 0.369. The lowest BCUT2D eigenvalue weighted by atomic mass is 9.68. The number of carbonyl (C=O) groups excluding carboxylic acids is 1. The number of thiocarbonyl (C=S) groups is 1. The largest absolute Gasteiger partial charge is 0.393 e. The van der Waals surface area contributed by atoms with Gasteiger partial charge in [0.1, 0.15) is 0 Å². The summed E-state index contributed by atoms with van der Waals surface area (Å²) in [4.78, 5) is 12.6. The number of nitrogens with one attached hydrogen (secondary N) is 1. The lowest BCUT2D eigenvalue weighted by molar-refractivity contribution is -0.130. The van der Waals surface area contributed by atoms with Crippen molar-refractivity contribution in [3.8, 4) is 0 Å². The summed E-state index contributed by atoms with van der Waals surface area (Å²) in [6.07, 6.45) is 4.53. The molecule has 1 aliphatic rings. The third kappa shape index (κ3) is 3.95. The Kier molecular flexibility index (Phi) is 4.92. The van der Waals surface area contributed by atoms with Crippen molar-refractivity contribution in [2.24, 2.45) is 23.0 Å². The SMILES string of the molecule is CC(CNC(=O)C1CCCCC1(C)C)C(N)=S. The minimum atomic E-state index is 0.0700. The summed E-state index contributed by atoms with van der Waals surface area (Å²) in [7, 11) is 0. The van der Waals surface area contributed by atoms with Crippen molar-refractivity contribution in [2.45, 2.75) is 46.5 Å². The van der Waals surface area contributed by atoms with E-state index < -0.39 is 0 Å². The summed E-state index contributed by atoms with van der Waals surface area (Å²) in [6, 6.07) is 0. The van der Waals surface area contributed by atoms with Gasteiger partial charge in [0.25, 0.3) is 0 Å². The van der Waals surface area contributed by atoms with E-state index in [9.17, 15) is 4.79 Å². The standard InChI is InChI=1S/C13H24N2OS/c1-9(11(14)17)8-15-12(16)10-6-4-5-7-13(10,2)3/h9-10H,4-8H2,1-3H3,(H2,14,17)(H,15,16). The second-order valence-corrected chi connectivity index (χ2v) is 6.31. The Balaban J connectivity index is 2.49. The highest BCUT2D eigenvalue weighted by Crippen LogP contribution is 2.40. The Labute approximate surface area is 110 Å². The Morgan fingerprint density at radius 1 is 1.53 bits per heavy atom. The molecule has 2 atom stereocenters. The van der Waals surface area contributed by atoms with Gasteiger partial charge in [-0.05, 0) is 18.3 Å². The van der Waals surface area contributed by atoms with Gasteiger partial charge in [0.05, 0.1) is 4.99 Å². The van der Waals surface area contributed by atoms with E-state index in [0.717, 1.165) is 19.3 Å². The van der Waals surface area contributed by atoms with E-state index in [0.29, 0.717) is 11.5 Å². The Bertz CT molecular complexity index is 302. The van der Waals surface area contributed by atoms with Gasteiger partial charge in [0.2, 0.25) is 5.91 Å². The summed E-state index contributed by atoms with van der Waals surface area (Å²) >= 11 is 4.90. The lowest BCUT2D eigenvalue weighted by Gasteiger charge is -2.37. The molecule has 4 heteroatoms. The van der Waals surface area contributed by atoms with Crippen LogP contribution < -0.4 is 11.1 Å². The van der Waals surface area contributed by atoms with Gasteiger partial charge in [-0.3, -0.25) is 4.79 Å². The maximum absolute atomic E-state index is 12.1. The van der Waals surface area contributed by atoms with E-state index in [1.807, 2.05) is 6.92 Å². The lowest BCUT2D eigenvalue weighted by Crippen LogP contribution is -2.43. The fraction of sp³-hybridized carbons (Fsp3) is 0.846. The molecule has 0 radical (unpaired) electrons. The molecule has 3 nitrogen and oxygen atoms in total. The van der Waals surface area contributed by atoms with Crippen molar-refractivity contribution in [3.63, 3.8) is 0 Å². The first-order chi connectivity index (χ1) is 7.84. The van der Waals surface area contributed by atoms with Crippen molar-refractivity contribution >= 4 is 23.1 Å². The van der Waals surface area contributed by atoms with Crippen LogP contribution in [-0.4, -0.2) is 17.4 Å². The van der Waals surface area contributed by atoms with Crippen LogP contribution in [-0.2, 0) is 4.79 Å². The number of amides is 1. The molecule has 1 rings (SSSR count). The number of nitrogens with two attached hydrogens (primary N) is 1. The smallest absolute Gasteiger partial charge is 0.223 e. The molecule has 2 unspecified atom stereocenters. The van der Waals surface area contributed by atoms with Crippen molar-refractivity contribution in [2.75, 3.05) is 6.54 Å². The molecule has 0 bridgehead atoms. The Hall–Kier alpha value is -0.640. The quantitative estimate of drug-likeness (QED) is 0.759. The molecule has 0 aromatic heterocycles. The van der Waals surface area contributed by atoms with Crippen LogP contribution in [0.5, 0.6) is 0 Å². The van der Waals surface area contributed by atoms with E-state index in [1.54, 1.807) is 0 Å². The zero-order valence-electron chi connectivity index (χ0n) is 11.1. The maximum atomic E-state index is 12.1. The Morgan fingerprint density at radius 2 is 2.18 bits per heavy atom. The Morgan fingerprint density at radius 3 is 2.71 bits per heavy atom. The topological polar surface area (TPSA) is 55.1 Å². The second-order valence-electron chi connectivity index (χ2n) is 5.84. The summed E-state index contributed by atoms with van der Waals surface area (Å²) < 4.78 is 0. The molecular formula is C13H24N2OS. The van der Waals surface area contributed by atoms with Gasteiger partial charge in [0.15, 0.2) is 0 Å². The van der Waals surface area contributed by atoms with Crippen LogP contribution in [0.3, 0.4) is 0 Å². The maximum Gasteiger partial charge on any atom is 0.223 e. The molecule has 0 saturated heterocycles. The zero-order chi connectivity index (χ0) is 13.1. The molecule has 0 aromatic carbocycles. The average molecular weight is 256 g/mol. The van der Waals surface area contributed by atoms with E-state index >= 15 is 0 Å². The van der Waals surface area contributed by atoms with Gasteiger partial charge in [-0.25, -0.2) is 0 Å². The van der Waals surface area contributed by atoms with Gasteiger partial charge in [-0.15, -0.1) is 0 Å². The molecule has 98 valence electrons. The molecule has 0 aromatic rings. The predicted molar refractivity (Wildman–Crippen MR) is 74.7 cm³/mol. The molecule has 1 saturated carbocycles.